The highest BCUT2D eigenvalue weighted by atomic mass is 32.2. The third-order valence-electron chi connectivity index (χ3n) is 8.42. The van der Waals surface area contributed by atoms with Crippen LogP contribution in [0.25, 0.3) is 10.9 Å². The Balaban J connectivity index is 1.40. The van der Waals surface area contributed by atoms with Gasteiger partial charge in [-0.25, -0.2) is 21.8 Å². The molecule has 0 bridgehead atoms. The first-order valence-electron chi connectivity index (χ1n) is 17.0. The number of hydrogen-bond acceptors (Lipinski definition) is 10. The van der Waals surface area contributed by atoms with Crippen LogP contribution in [0.4, 0.5) is 0 Å². The highest BCUT2D eigenvalue weighted by molar-refractivity contribution is 7.92. The van der Waals surface area contributed by atoms with Gasteiger partial charge in [0.05, 0.1) is 33.9 Å². The van der Waals surface area contributed by atoms with E-state index >= 15 is 0 Å². The molecule has 5 aromatic rings. The number of nitrogens with one attached hydrogen (secondary N) is 2. The number of nitrogens with zero attached hydrogens (tertiary/aromatic N) is 2. The number of para-hydroxylation sites is 1. The maximum Gasteiger partial charge on any atom is 0.270 e. The van der Waals surface area contributed by atoms with Crippen LogP contribution in [0.3, 0.4) is 0 Å². The largest absolute Gasteiger partial charge is 0.390 e. The van der Waals surface area contributed by atoms with Gasteiger partial charge in [0.2, 0.25) is 21.7 Å². The quantitative estimate of drug-likeness (QED) is 0.109. The van der Waals surface area contributed by atoms with Gasteiger partial charge in [-0.2, -0.15) is 4.31 Å². The van der Waals surface area contributed by atoms with Crippen LogP contribution in [0, 0.1) is 5.92 Å². The van der Waals surface area contributed by atoms with E-state index in [1.165, 1.54) is 23.6 Å². The number of aromatic nitrogens is 1. The molecule has 0 aliphatic heterocycles. The van der Waals surface area contributed by atoms with Crippen LogP contribution in [0.2, 0.25) is 0 Å². The number of amides is 3. The number of hydrogen-bond donors (Lipinski definition) is 4. The molecule has 16 heteroatoms. The number of aliphatic hydroxyl groups excluding tert-OH is 1. The summed E-state index contributed by atoms with van der Waals surface area (Å²) in [6.45, 7) is 3.06. The second kappa shape index (κ2) is 17.4. The molecule has 3 amide bonds. The molecule has 0 saturated carbocycles. The number of primary amides is 1. The van der Waals surface area contributed by atoms with Gasteiger partial charge in [0, 0.05) is 23.9 Å². The van der Waals surface area contributed by atoms with Crippen LogP contribution in [-0.2, 0) is 35.9 Å². The summed E-state index contributed by atoms with van der Waals surface area (Å²) in [5.41, 5.74) is 6.71. The van der Waals surface area contributed by atoms with E-state index < -0.39 is 68.7 Å². The van der Waals surface area contributed by atoms with Gasteiger partial charge in [0.1, 0.15) is 15.9 Å². The number of sulfonamides is 1. The van der Waals surface area contributed by atoms with Gasteiger partial charge in [-0.15, -0.1) is 11.3 Å². The molecule has 2 aromatic heterocycles. The topological polar surface area (TPSA) is 206 Å². The molecule has 0 aliphatic rings. The monoisotopic (exact) mass is 791 g/mol. The lowest BCUT2D eigenvalue weighted by atomic mass is 10.00. The fourth-order valence-corrected chi connectivity index (χ4v) is 10.4. The highest BCUT2D eigenvalue weighted by Gasteiger charge is 2.35. The zero-order valence-corrected chi connectivity index (χ0v) is 32.0. The van der Waals surface area contributed by atoms with Crippen molar-refractivity contribution < 1.29 is 36.3 Å². The Bertz CT molecular complexity index is 2320. The SMILES string of the molecule is CC(C)CN(C[C@@H](O)[C@H](Cc1ccccc1)NC(=O)[C@H](CC(N)=O)NC(=O)c1ccc2ccccc2n1)S(=O)(=O)c1cc(S(=O)(=O)c2ccccc2)cs1. The fourth-order valence-electron chi connectivity index (χ4n) is 5.72. The molecule has 54 heavy (non-hydrogen) atoms. The minimum Gasteiger partial charge on any atom is -0.390 e. The first-order valence-corrected chi connectivity index (χ1v) is 20.8. The van der Waals surface area contributed by atoms with Crippen LogP contribution in [0.15, 0.2) is 123 Å². The Morgan fingerprint density at radius 3 is 2.15 bits per heavy atom. The molecule has 0 saturated heterocycles. The van der Waals surface area contributed by atoms with E-state index in [1.54, 1.807) is 80.6 Å². The molecule has 0 radical (unpaired) electrons. The normalized spacial score (nSPS) is 13.7. The molecule has 3 atom stereocenters. The Hall–Kier alpha value is -5.00. The molecule has 0 spiro atoms. The van der Waals surface area contributed by atoms with Crippen LogP contribution < -0.4 is 16.4 Å². The van der Waals surface area contributed by atoms with Crippen LogP contribution in [-0.4, -0.2) is 80.2 Å². The third kappa shape index (κ3) is 9.95. The van der Waals surface area contributed by atoms with Gasteiger partial charge in [0.15, 0.2) is 0 Å². The zero-order chi connectivity index (χ0) is 39.0. The summed E-state index contributed by atoms with van der Waals surface area (Å²) in [5.74, 6) is -2.65. The Kier molecular flexibility index (Phi) is 13.0. The molecule has 5 N–H and O–H groups in total. The summed E-state index contributed by atoms with van der Waals surface area (Å²) in [5, 5.41) is 19.0. The number of aliphatic hydroxyl groups is 1. The van der Waals surface area contributed by atoms with Crippen molar-refractivity contribution in [2.45, 2.75) is 58.9 Å². The number of nitrogens with two attached hydrogens (primary N) is 1. The minimum atomic E-state index is -4.35. The van der Waals surface area contributed by atoms with E-state index in [0.717, 1.165) is 27.1 Å². The molecule has 2 heterocycles. The second-order valence-corrected chi connectivity index (χ2v) is 18.1. The van der Waals surface area contributed by atoms with Crippen molar-refractivity contribution >= 4 is 59.8 Å². The smallest absolute Gasteiger partial charge is 0.270 e. The van der Waals surface area contributed by atoms with E-state index in [2.05, 4.69) is 15.6 Å². The van der Waals surface area contributed by atoms with Crippen molar-refractivity contribution in [3.63, 3.8) is 0 Å². The zero-order valence-electron chi connectivity index (χ0n) is 29.5. The number of pyridine rings is 1. The molecule has 0 fully saturated rings. The average Bonchev–Trinajstić information content (AvgIpc) is 3.67. The number of carbonyl (C=O) groups is 3. The van der Waals surface area contributed by atoms with Crippen LogP contribution in [0.1, 0.15) is 36.3 Å². The average molecular weight is 792 g/mol. The summed E-state index contributed by atoms with van der Waals surface area (Å²) in [6.07, 6.45) is -2.03. The van der Waals surface area contributed by atoms with Gasteiger partial charge >= 0.3 is 0 Å². The third-order valence-corrected chi connectivity index (χ3v) is 13.6. The van der Waals surface area contributed by atoms with Gasteiger partial charge in [0.25, 0.3) is 15.9 Å². The van der Waals surface area contributed by atoms with Crippen molar-refractivity contribution in [1.29, 1.82) is 0 Å². The van der Waals surface area contributed by atoms with Crippen molar-refractivity contribution in [2.24, 2.45) is 11.7 Å². The Morgan fingerprint density at radius 2 is 1.48 bits per heavy atom. The van der Waals surface area contributed by atoms with E-state index in [4.69, 9.17) is 5.73 Å². The van der Waals surface area contributed by atoms with E-state index in [1.807, 2.05) is 12.1 Å². The first-order chi connectivity index (χ1) is 25.6. The standard InChI is InChI=1S/C38H41N5O8S3/c1-25(2)22-43(54(50,51)36-20-29(24-52-36)53(48,49)28-14-7-4-8-15-28)23-34(44)32(19-26-11-5-3-6-12-26)41-38(47)33(21-35(39)45)42-37(46)31-18-17-27-13-9-10-16-30(27)40-31/h3-18,20,24-25,32-34,44H,19,21-23H2,1-2H3,(H2,39,45)(H,41,47)(H,42,46)/t32-,33-,34+/m0/s1. The summed E-state index contributed by atoms with van der Waals surface area (Å²) in [4.78, 5) is 43.3. The Labute approximate surface area is 318 Å². The van der Waals surface area contributed by atoms with Gasteiger partial charge in [-0.3, -0.25) is 14.4 Å². The fraction of sp³-hybridized carbons (Fsp3) is 0.263. The lowest BCUT2D eigenvalue weighted by Gasteiger charge is -2.31. The molecule has 5 rings (SSSR count). The van der Waals surface area contributed by atoms with Crippen molar-refractivity contribution in [3.8, 4) is 0 Å². The van der Waals surface area contributed by atoms with Gasteiger partial charge < -0.3 is 21.5 Å². The summed E-state index contributed by atoms with van der Waals surface area (Å²) >= 11 is 0.747. The number of carbonyl (C=O) groups excluding carboxylic acids is 3. The molecular formula is C38H41N5O8S3. The number of fused-ring (bicyclic) bond motifs is 1. The van der Waals surface area contributed by atoms with E-state index in [-0.39, 0.29) is 38.6 Å². The molecule has 284 valence electrons. The van der Waals surface area contributed by atoms with E-state index in [0.29, 0.717) is 11.1 Å². The number of rotatable bonds is 17. The minimum absolute atomic E-state index is 0.000299. The predicted molar refractivity (Wildman–Crippen MR) is 205 cm³/mol. The first kappa shape index (κ1) is 40.2. The predicted octanol–water partition coefficient (Wildman–Crippen LogP) is 3.54. The maximum absolute atomic E-state index is 14.1. The van der Waals surface area contributed by atoms with Crippen LogP contribution in [0.5, 0.6) is 0 Å². The summed E-state index contributed by atoms with van der Waals surface area (Å²) < 4.78 is 55.5. The Morgan fingerprint density at radius 1 is 0.833 bits per heavy atom. The lowest BCUT2D eigenvalue weighted by molar-refractivity contribution is -0.128. The van der Waals surface area contributed by atoms with Gasteiger partial charge in [-0.05, 0) is 48.2 Å². The molecule has 0 aliphatic carbocycles. The molecule has 3 aromatic carbocycles. The maximum atomic E-state index is 14.1. The van der Waals surface area contributed by atoms with Crippen molar-refractivity contribution in [3.05, 3.63) is 120 Å². The molecular weight excluding hydrogens is 751 g/mol. The van der Waals surface area contributed by atoms with Gasteiger partial charge in [-0.1, -0.05) is 86.6 Å². The number of thiophene rings is 1. The molecule has 13 nitrogen and oxygen atoms in total. The van der Waals surface area contributed by atoms with Crippen LogP contribution >= 0.6 is 11.3 Å². The lowest BCUT2D eigenvalue weighted by Crippen LogP contribution is -2.56. The van der Waals surface area contributed by atoms with Crippen molar-refractivity contribution in [2.75, 3.05) is 13.1 Å². The second-order valence-electron chi connectivity index (χ2n) is 13.1. The van der Waals surface area contributed by atoms with Crippen molar-refractivity contribution in [1.82, 2.24) is 19.9 Å². The summed E-state index contributed by atoms with van der Waals surface area (Å²) in [6, 6.07) is 25.3. The number of benzene rings is 3. The highest BCUT2D eigenvalue weighted by Crippen LogP contribution is 2.31. The molecule has 0 unspecified atom stereocenters. The summed E-state index contributed by atoms with van der Waals surface area (Å²) in [7, 11) is -8.35. The van der Waals surface area contributed by atoms with E-state index in [9.17, 15) is 36.3 Å². The number of sulfone groups is 1.